The Bertz CT molecular complexity index is 642. The van der Waals surface area contributed by atoms with Gasteiger partial charge in [-0.25, -0.2) is 0 Å². The van der Waals surface area contributed by atoms with E-state index in [0.29, 0.717) is 12.8 Å². The second-order valence-corrected chi connectivity index (χ2v) is 6.43. The Balaban J connectivity index is 1.53. The molecule has 3 rings (SSSR count). The van der Waals surface area contributed by atoms with Gasteiger partial charge in [-0.3, -0.25) is 19.3 Å². The third-order valence-electron chi connectivity index (χ3n) is 4.84. The van der Waals surface area contributed by atoms with Crippen LogP contribution in [0.25, 0.3) is 0 Å². The lowest BCUT2D eigenvalue weighted by atomic mass is 9.85. The highest BCUT2D eigenvalue weighted by molar-refractivity contribution is 6.05. The van der Waals surface area contributed by atoms with E-state index in [1.54, 1.807) is 0 Å². The van der Waals surface area contributed by atoms with Crippen molar-refractivity contribution < 1.29 is 14.4 Å². The highest BCUT2D eigenvalue weighted by atomic mass is 16.2. The fourth-order valence-corrected chi connectivity index (χ4v) is 3.44. The fourth-order valence-electron chi connectivity index (χ4n) is 3.44. The summed E-state index contributed by atoms with van der Waals surface area (Å²) < 4.78 is 0. The molecule has 1 aromatic carbocycles. The molecule has 1 N–H and O–H groups in total. The summed E-state index contributed by atoms with van der Waals surface area (Å²) in [5, 5.41) is 2.91. The Morgan fingerprint density at radius 3 is 2.29 bits per heavy atom. The van der Waals surface area contributed by atoms with E-state index < -0.39 is 0 Å². The Labute approximate surface area is 141 Å². The van der Waals surface area contributed by atoms with Gasteiger partial charge in [0.2, 0.25) is 17.7 Å². The lowest BCUT2D eigenvalue weighted by Crippen LogP contribution is -2.36. The highest BCUT2D eigenvalue weighted by Gasteiger charge is 2.46. The third kappa shape index (κ3) is 3.25. The van der Waals surface area contributed by atoms with Crippen molar-refractivity contribution in [3.05, 3.63) is 48.0 Å². The summed E-state index contributed by atoms with van der Waals surface area (Å²) in [5.41, 5.74) is 1.02. The molecule has 1 heterocycles. The summed E-state index contributed by atoms with van der Waals surface area (Å²) in [6.07, 6.45) is 5.32. The number of fused-ring (bicyclic) bond motifs is 1. The molecule has 0 radical (unpaired) electrons. The monoisotopic (exact) mass is 326 g/mol. The maximum absolute atomic E-state index is 12.3. The molecule has 1 aliphatic carbocycles. The van der Waals surface area contributed by atoms with E-state index in [4.69, 9.17) is 0 Å². The molecule has 1 aliphatic heterocycles. The van der Waals surface area contributed by atoms with Gasteiger partial charge in [0.05, 0.1) is 17.9 Å². The van der Waals surface area contributed by atoms with Gasteiger partial charge in [0.1, 0.15) is 0 Å². The van der Waals surface area contributed by atoms with E-state index in [1.165, 1.54) is 4.90 Å². The van der Waals surface area contributed by atoms with Crippen molar-refractivity contribution >= 4 is 17.7 Å². The van der Waals surface area contributed by atoms with Crippen LogP contribution in [-0.2, 0) is 14.4 Å². The molecule has 0 spiro atoms. The number of hydrogen-bond donors (Lipinski definition) is 1. The van der Waals surface area contributed by atoms with Crippen molar-refractivity contribution in [2.75, 3.05) is 6.54 Å². The smallest absolute Gasteiger partial charge is 0.233 e. The first-order chi connectivity index (χ1) is 11.6. The third-order valence-corrected chi connectivity index (χ3v) is 4.84. The molecule has 24 heavy (non-hydrogen) atoms. The van der Waals surface area contributed by atoms with E-state index in [-0.39, 0.29) is 48.6 Å². The molecule has 1 fully saturated rings. The standard InChI is InChI=1S/C19H22N2O3/c1-13(14-7-3-2-4-8-14)20-17(22)11-12-21-18(23)15-9-5-6-10-16(15)19(21)24/h2-8,13,15-16H,9-12H2,1H3,(H,20,22)/t13-,15+,16+/m1/s1. The number of benzene rings is 1. The first-order valence-corrected chi connectivity index (χ1v) is 8.42. The van der Waals surface area contributed by atoms with Crippen LogP contribution in [0.4, 0.5) is 0 Å². The van der Waals surface area contributed by atoms with Crippen molar-refractivity contribution in [3.8, 4) is 0 Å². The van der Waals surface area contributed by atoms with Crippen molar-refractivity contribution in [2.24, 2.45) is 11.8 Å². The lowest BCUT2D eigenvalue weighted by Gasteiger charge is -2.17. The largest absolute Gasteiger partial charge is 0.350 e. The first kappa shape index (κ1) is 16.4. The van der Waals surface area contributed by atoms with Crippen molar-refractivity contribution in [1.82, 2.24) is 10.2 Å². The number of imide groups is 1. The van der Waals surface area contributed by atoms with E-state index in [1.807, 2.05) is 49.4 Å². The molecule has 0 aromatic heterocycles. The fraction of sp³-hybridized carbons (Fsp3) is 0.421. The molecule has 5 nitrogen and oxygen atoms in total. The maximum Gasteiger partial charge on any atom is 0.233 e. The quantitative estimate of drug-likeness (QED) is 0.666. The minimum Gasteiger partial charge on any atom is -0.350 e. The Morgan fingerprint density at radius 2 is 1.71 bits per heavy atom. The van der Waals surface area contributed by atoms with Crippen molar-refractivity contribution in [2.45, 2.75) is 32.2 Å². The number of carbonyl (C=O) groups excluding carboxylic acids is 3. The Kier molecular flexibility index (Phi) is 4.79. The number of hydrogen-bond acceptors (Lipinski definition) is 3. The van der Waals surface area contributed by atoms with Crippen LogP contribution in [0.15, 0.2) is 42.5 Å². The number of nitrogens with zero attached hydrogens (tertiary/aromatic N) is 1. The molecular formula is C19H22N2O3. The van der Waals surface area contributed by atoms with Gasteiger partial charge in [-0.05, 0) is 25.3 Å². The number of amides is 3. The zero-order valence-corrected chi connectivity index (χ0v) is 13.8. The molecule has 0 bridgehead atoms. The van der Waals surface area contributed by atoms with Gasteiger partial charge in [-0.2, -0.15) is 0 Å². The maximum atomic E-state index is 12.3. The molecule has 5 heteroatoms. The van der Waals surface area contributed by atoms with Gasteiger partial charge < -0.3 is 5.32 Å². The summed E-state index contributed by atoms with van der Waals surface area (Å²) in [6.45, 7) is 2.08. The van der Waals surface area contributed by atoms with E-state index >= 15 is 0 Å². The van der Waals surface area contributed by atoms with Crippen LogP contribution in [0, 0.1) is 11.8 Å². The van der Waals surface area contributed by atoms with Gasteiger partial charge >= 0.3 is 0 Å². The van der Waals surface area contributed by atoms with Crippen LogP contribution < -0.4 is 5.32 Å². The molecule has 2 aliphatic rings. The van der Waals surface area contributed by atoms with Crippen molar-refractivity contribution in [1.29, 1.82) is 0 Å². The summed E-state index contributed by atoms with van der Waals surface area (Å²) in [4.78, 5) is 38.1. The lowest BCUT2D eigenvalue weighted by molar-refractivity contribution is -0.140. The molecule has 0 saturated carbocycles. The second-order valence-electron chi connectivity index (χ2n) is 6.43. The average molecular weight is 326 g/mol. The number of nitrogens with one attached hydrogen (secondary N) is 1. The Morgan fingerprint density at radius 1 is 1.12 bits per heavy atom. The molecule has 3 amide bonds. The minimum absolute atomic E-state index is 0.101. The number of rotatable bonds is 5. The molecule has 1 saturated heterocycles. The number of carbonyl (C=O) groups is 3. The predicted octanol–water partition coefficient (Wildman–Crippen LogP) is 2.21. The van der Waals surface area contributed by atoms with E-state index in [0.717, 1.165) is 5.56 Å². The number of likely N-dealkylation sites (tertiary alicyclic amines) is 1. The van der Waals surface area contributed by atoms with E-state index in [9.17, 15) is 14.4 Å². The molecular weight excluding hydrogens is 304 g/mol. The zero-order valence-electron chi connectivity index (χ0n) is 13.8. The van der Waals surface area contributed by atoms with Crippen LogP contribution in [0.1, 0.15) is 37.8 Å². The van der Waals surface area contributed by atoms with Crippen LogP contribution in [0.5, 0.6) is 0 Å². The average Bonchev–Trinajstić information content (AvgIpc) is 2.85. The van der Waals surface area contributed by atoms with Crippen molar-refractivity contribution in [3.63, 3.8) is 0 Å². The van der Waals surface area contributed by atoms with Gasteiger partial charge in [0.25, 0.3) is 0 Å². The minimum atomic E-state index is -0.228. The summed E-state index contributed by atoms with van der Waals surface area (Å²) in [7, 11) is 0. The van der Waals surface area contributed by atoms with Gasteiger partial charge in [0, 0.05) is 13.0 Å². The van der Waals surface area contributed by atoms with Crippen LogP contribution in [0.3, 0.4) is 0 Å². The van der Waals surface area contributed by atoms with Crippen LogP contribution in [-0.4, -0.2) is 29.2 Å². The van der Waals surface area contributed by atoms with Gasteiger partial charge in [-0.15, -0.1) is 0 Å². The predicted molar refractivity (Wildman–Crippen MR) is 89.7 cm³/mol. The highest BCUT2D eigenvalue weighted by Crippen LogP contribution is 2.34. The molecule has 3 atom stereocenters. The van der Waals surface area contributed by atoms with Crippen LogP contribution in [0.2, 0.25) is 0 Å². The normalized spacial score (nSPS) is 24.0. The topological polar surface area (TPSA) is 66.5 Å². The zero-order chi connectivity index (χ0) is 17.1. The first-order valence-electron chi connectivity index (χ1n) is 8.42. The van der Waals surface area contributed by atoms with Crippen LogP contribution >= 0.6 is 0 Å². The number of allylic oxidation sites excluding steroid dienone is 2. The molecule has 1 aromatic rings. The van der Waals surface area contributed by atoms with Gasteiger partial charge in [-0.1, -0.05) is 42.5 Å². The van der Waals surface area contributed by atoms with Gasteiger partial charge in [0.15, 0.2) is 0 Å². The SMILES string of the molecule is C[C@@H](NC(=O)CCN1C(=O)[C@H]2CC=CC[C@@H]2C1=O)c1ccccc1. The Hall–Kier alpha value is -2.43. The molecule has 0 unspecified atom stereocenters. The second kappa shape index (κ2) is 6.99. The molecule has 126 valence electrons. The summed E-state index contributed by atoms with van der Waals surface area (Å²) in [6, 6.07) is 9.59. The summed E-state index contributed by atoms with van der Waals surface area (Å²) in [5.74, 6) is -0.862. The van der Waals surface area contributed by atoms with E-state index in [2.05, 4.69) is 5.32 Å². The summed E-state index contributed by atoms with van der Waals surface area (Å²) >= 11 is 0.